The van der Waals surface area contributed by atoms with Crippen LogP contribution in [0, 0.1) is 0 Å². The molecule has 6 heavy (non-hydrogen) atoms. The van der Waals surface area contributed by atoms with E-state index < -0.39 is 7.32 Å². The van der Waals surface area contributed by atoms with Crippen LogP contribution in [-0.2, 0) is 0 Å². The van der Waals surface area contributed by atoms with Crippen LogP contribution in [0.3, 0.4) is 0 Å². The second-order valence-corrected chi connectivity index (χ2v) is 0.346. The summed E-state index contributed by atoms with van der Waals surface area (Å²) in [5.41, 5.74) is 0. The maximum Gasteiger partial charge on any atom is 2.00 e. The quantitative estimate of drug-likeness (QED) is 0.342. The van der Waals surface area contributed by atoms with Gasteiger partial charge in [0.2, 0.25) is 0 Å². The van der Waals surface area contributed by atoms with Gasteiger partial charge in [-0.2, -0.15) is 0 Å². The summed E-state index contributed by atoms with van der Waals surface area (Å²) in [5, 5.41) is 21.5. The summed E-state index contributed by atoms with van der Waals surface area (Å²) in [6.45, 7) is 0. The first-order chi connectivity index (χ1) is 1.73. The van der Waals surface area contributed by atoms with Crippen LogP contribution in [-0.4, -0.2) is 85.2 Å². The minimum absolute atomic E-state index is 0. The van der Waals surface area contributed by atoms with Crippen LogP contribution in [0.25, 0.3) is 0 Å². The van der Waals surface area contributed by atoms with Crippen LogP contribution < -0.4 is 0 Å². The Labute approximate surface area is 86.9 Å². The third kappa shape index (κ3) is 38.2. The predicted octanol–water partition coefficient (Wildman–Crippen LogP) is -3.39. The van der Waals surface area contributed by atoms with E-state index in [4.69, 9.17) is 15.1 Å². The molecule has 34 valence electrons. The number of rotatable bonds is 0. The van der Waals surface area contributed by atoms with Gasteiger partial charge in [0, 0.05) is 0 Å². The maximum absolute atomic E-state index is 7.17. The van der Waals surface area contributed by atoms with E-state index in [1.807, 2.05) is 0 Å². The van der Waals surface area contributed by atoms with Gasteiger partial charge in [0.15, 0.2) is 17.4 Å². The topological polar surface area (TPSA) is 60.7 Å². The van der Waals surface area contributed by atoms with Crippen LogP contribution in [0.4, 0.5) is 0 Å². The molecule has 0 aliphatic heterocycles. The third-order valence-corrected chi connectivity index (χ3v) is 0. The molecule has 0 rings (SSSR count). The van der Waals surface area contributed by atoms with Gasteiger partial charge in [-0.05, 0) is 0 Å². The fourth-order valence-corrected chi connectivity index (χ4v) is 0. The zero-order valence-corrected chi connectivity index (χ0v) is 6.10. The van der Waals surface area contributed by atoms with Crippen molar-refractivity contribution in [3.05, 3.63) is 0 Å². The van der Waals surface area contributed by atoms with Gasteiger partial charge in [-0.1, -0.05) is 0 Å². The minimum atomic E-state index is -2.17. The molecule has 6 heteroatoms. The molecule has 0 aliphatic rings. The van der Waals surface area contributed by atoms with Gasteiger partial charge in [0.25, 0.3) is 0 Å². The Hall–Kier alpha value is 1.96. The van der Waals surface area contributed by atoms with Crippen molar-refractivity contribution in [2.75, 3.05) is 0 Å². The van der Waals surface area contributed by atoms with E-state index in [0.717, 1.165) is 0 Å². The zero-order valence-electron chi connectivity index (χ0n) is 4.63. The van der Waals surface area contributed by atoms with Gasteiger partial charge in [0.05, 0.1) is 0 Å². The number of hydrogen-bond acceptors (Lipinski definition) is 3. The molecule has 0 aromatic heterocycles. The Morgan fingerprint density at radius 2 is 1.17 bits per heavy atom. The number of hydrogen-bond donors (Lipinski definition) is 3. The molecule has 0 saturated heterocycles. The Morgan fingerprint density at radius 1 is 1.17 bits per heavy atom. The molecular formula is H8AlBO3Sr. The van der Waals surface area contributed by atoms with Crippen LogP contribution >= 0.6 is 0 Å². The van der Waals surface area contributed by atoms with Crippen LogP contribution in [0.2, 0.25) is 0 Å². The SMILES string of the molecule is OB(O)O.[AlH3].[H-].[H-].[Sr+2]. The molecule has 3 nitrogen and oxygen atoms in total. The van der Waals surface area contributed by atoms with Crippen LogP contribution in [0.1, 0.15) is 2.85 Å². The summed E-state index contributed by atoms with van der Waals surface area (Å²) in [5.74, 6) is 0. The van der Waals surface area contributed by atoms with Gasteiger partial charge < -0.3 is 17.9 Å². The molecule has 0 fully saturated rings. The molecule has 0 heterocycles. The van der Waals surface area contributed by atoms with Crippen molar-refractivity contribution in [1.82, 2.24) is 0 Å². The summed E-state index contributed by atoms with van der Waals surface area (Å²) in [6, 6.07) is 0. The Kier molecular flexibility index (Phi) is 26.2. The van der Waals surface area contributed by atoms with Crippen molar-refractivity contribution in [3.8, 4) is 0 Å². The first-order valence-corrected chi connectivity index (χ1v) is 0.775. The standard InChI is InChI=1S/Al.BH3O3.Sr.5H/c;2-1(3)4;;;;;;/h;2-4H;;;;;;/q;;+2;;;;2*-1. The van der Waals surface area contributed by atoms with E-state index in [-0.39, 0.29) is 65.7 Å². The van der Waals surface area contributed by atoms with Gasteiger partial charge in [-0.15, -0.1) is 0 Å². The van der Waals surface area contributed by atoms with Crippen LogP contribution in [0.5, 0.6) is 0 Å². The Balaban J connectivity index is -0.00000000750. The molecule has 0 unspecified atom stereocenters. The molecule has 0 amide bonds. The molecular weight excluding hydrogens is 173 g/mol. The summed E-state index contributed by atoms with van der Waals surface area (Å²) in [6.07, 6.45) is 0. The first kappa shape index (κ1) is 15.7. The summed E-state index contributed by atoms with van der Waals surface area (Å²) in [4.78, 5) is 0. The van der Waals surface area contributed by atoms with Crippen molar-refractivity contribution in [1.29, 1.82) is 0 Å². The van der Waals surface area contributed by atoms with Crippen molar-refractivity contribution >= 4 is 70.2 Å². The van der Waals surface area contributed by atoms with E-state index in [1.54, 1.807) is 0 Å². The molecule has 0 aliphatic carbocycles. The maximum atomic E-state index is 7.17. The van der Waals surface area contributed by atoms with E-state index in [9.17, 15) is 0 Å². The van der Waals surface area contributed by atoms with Gasteiger partial charge in [-0.3, -0.25) is 0 Å². The van der Waals surface area contributed by atoms with E-state index >= 15 is 0 Å². The van der Waals surface area contributed by atoms with E-state index in [1.165, 1.54) is 0 Å². The minimum Gasteiger partial charge on any atom is -1.00 e. The molecule has 0 radical (unpaired) electrons. The molecule has 3 N–H and O–H groups in total. The summed E-state index contributed by atoms with van der Waals surface area (Å²) >= 11 is 0. The Morgan fingerprint density at radius 3 is 1.17 bits per heavy atom. The van der Waals surface area contributed by atoms with Gasteiger partial charge >= 0.3 is 52.8 Å². The summed E-state index contributed by atoms with van der Waals surface area (Å²) in [7, 11) is -2.17. The molecule has 0 aromatic rings. The largest absolute Gasteiger partial charge is 2.00 e. The zero-order chi connectivity index (χ0) is 3.58. The smallest absolute Gasteiger partial charge is 1.00 e. The third-order valence-electron chi connectivity index (χ3n) is 0. The van der Waals surface area contributed by atoms with Gasteiger partial charge in [-0.25, -0.2) is 0 Å². The van der Waals surface area contributed by atoms with Crippen molar-refractivity contribution < 1.29 is 17.9 Å². The van der Waals surface area contributed by atoms with Crippen molar-refractivity contribution in [2.24, 2.45) is 0 Å². The normalized spacial score (nSPS) is 4.50. The average molecular weight is 181 g/mol. The van der Waals surface area contributed by atoms with E-state index in [2.05, 4.69) is 0 Å². The molecule has 0 aromatic carbocycles. The Bertz CT molecular complexity index is 22.0. The molecule has 0 spiro atoms. The van der Waals surface area contributed by atoms with Gasteiger partial charge in [0.1, 0.15) is 0 Å². The second kappa shape index (κ2) is 10.0. The average Bonchev–Trinajstić information content (AvgIpc) is 0.811. The fraction of sp³-hybridized carbons (Fsp3) is 0. The predicted molar refractivity (Wildman–Crippen MR) is 30.3 cm³/mol. The van der Waals surface area contributed by atoms with Crippen molar-refractivity contribution in [2.45, 2.75) is 0 Å². The summed E-state index contributed by atoms with van der Waals surface area (Å²) < 4.78 is 0. The molecule has 0 saturated carbocycles. The second-order valence-electron chi connectivity index (χ2n) is 0.346. The first-order valence-electron chi connectivity index (χ1n) is 0.775. The molecule has 0 bridgehead atoms. The molecule has 0 atom stereocenters. The van der Waals surface area contributed by atoms with Crippen LogP contribution in [0.15, 0.2) is 0 Å². The van der Waals surface area contributed by atoms with Crippen molar-refractivity contribution in [3.63, 3.8) is 0 Å². The van der Waals surface area contributed by atoms with E-state index in [0.29, 0.717) is 0 Å². The monoisotopic (exact) mass is 182 g/mol. The fourth-order valence-electron chi connectivity index (χ4n) is 0.